The van der Waals surface area contributed by atoms with Crippen LogP contribution in [-0.4, -0.2) is 73.9 Å². The Labute approximate surface area is 196 Å². The lowest BCUT2D eigenvalue weighted by molar-refractivity contribution is -0.143. The molecule has 4 N–H and O–H groups in total. The largest absolute Gasteiger partial charge is 0.480 e. The minimum absolute atomic E-state index is 0.0192. The highest BCUT2D eigenvalue weighted by molar-refractivity contribution is 7.90. The Morgan fingerprint density at radius 3 is 2.03 bits per heavy atom. The molecule has 1 aliphatic rings. The van der Waals surface area contributed by atoms with Gasteiger partial charge in [0.2, 0.25) is 5.91 Å². The number of fused-ring (bicyclic) bond motifs is 3. The molecule has 11 heteroatoms. The standard InChI is InChI=1S/C23H26N2O8S/c1-34(31,32)11-10-19(21(27)24-20(12-26)22(28)29)25-23(30)33-13-18-16-8-4-2-6-14(16)15-7-3-5-9-17(15)18/h2-9,18-20,26H,10-13H2,1H3,(H,24,27)(H,25,30)(H,28,29)/t19?,20-/m1/s1. The van der Waals surface area contributed by atoms with Crippen LogP contribution in [0.2, 0.25) is 0 Å². The van der Waals surface area contributed by atoms with Gasteiger partial charge in [-0.2, -0.15) is 0 Å². The topological polar surface area (TPSA) is 159 Å². The number of amides is 2. The quantitative estimate of drug-likeness (QED) is 0.382. The van der Waals surface area contributed by atoms with Crippen molar-refractivity contribution in [2.24, 2.45) is 0 Å². The van der Waals surface area contributed by atoms with Gasteiger partial charge in [-0.05, 0) is 28.7 Å². The second-order valence-corrected chi connectivity index (χ2v) is 10.3. The summed E-state index contributed by atoms with van der Waals surface area (Å²) in [5.74, 6) is -3.06. The molecule has 1 aliphatic carbocycles. The van der Waals surface area contributed by atoms with E-state index >= 15 is 0 Å². The summed E-state index contributed by atoms with van der Waals surface area (Å²) >= 11 is 0. The molecule has 3 rings (SSSR count). The molecule has 2 atom stereocenters. The van der Waals surface area contributed by atoms with Gasteiger partial charge in [0.15, 0.2) is 0 Å². The van der Waals surface area contributed by atoms with E-state index in [1.54, 1.807) is 0 Å². The molecular weight excluding hydrogens is 464 g/mol. The van der Waals surface area contributed by atoms with Crippen molar-refractivity contribution < 1.29 is 37.8 Å². The third kappa shape index (κ3) is 6.12. The second-order valence-electron chi connectivity index (χ2n) is 8.02. The third-order valence-corrected chi connectivity index (χ3v) is 6.50. The number of rotatable bonds is 10. The third-order valence-electron chi connectivity index (χ3n) is 5.53. The number of carboxylic acids is 1. The lowest BCUT2D eigenvalue weighted by Crippen LogP contribution is -2.53. The number of alkyl carbamates (subject to hydrolysis) is 1. The minimum Gasteiger partial charge on any atom is -0.480 e. The summed E-state index contributed by atoms with van der Waals surface area (Å²) < 4.78 is 28.5. The van der Waals surface area contributed by atoms with Crippen molar-refractivity contribution in [1.82, 2.24) is 10.6 Å². The number of hydrogen-bond acceptors (Lipinski definition) is 7. The maximum absolute atomic E-state index is 12.5. The van der Waals surface area contributed by atoms with Crippen LogP contribution in [0.5, 0.6) is 0 Å². The van der Waals surface area contributed by atoms with E-state index in [0.29, 0.717) is 0 Å². The van der Waals surface area contributed by atoms with Crippen molar-refractivity contribution in [3.05, 3.63) is 59.7 Å². The van der Waals surface area contributed by atoms with Crippen molar-refractivity contribution >= 4 is 27.8 Å². The van der Waals surface area contributed by atoms with Gasteiger partial charge in [0.1, 0.15) is 28.5 Å². The predicted molar refractivity (Wildman–Crippen MR) is 123 cm³/mol. The van der Waals surface area contributed by atoms with Crippen molar-refractivity contribution in [1.29, 1.82) is 0 Å². The van der Waals surface area contributed by atoms with Crippen molar-refractivity contribution in [3.8, 4) is 11.1 Å². The zero-order valence-corrected chi connectivity index (χ0v) is 19.2. The van der Waals surface area contributed by atoms with Crippen LogP contribution in [0.3, 0.4) is 0 Å². The van der Waals surface area contributed by atoms with Gasteiger partial charge in [0, 0.05) is 12.2 Å². The van der Waals surface area contributed by atoms with E-state index in [9.17, 15) is 22.8 Å². The molecule has 2 amide bonds. The van der Waals surface area contributed by atoms with Gasteiger partial charge in [0.05, 0.1) is 12.4 Å². The molecule has 182 valence electrons. The first kappa shape index (κ1) is 25.2. The molecule has 0 bridgehead atoms. The highest BCUT2D eigenvalue weighted by Crippen LogP contribution is 2.44. The number of ether oxygens (including phenoxy) is 1. The lowest BCUT2D eigenvalue weighted by Gasteiger charge is -2.21. The number of aliphatic hydroxyl groups excluding tert-OH is 1. The summed E-state index contributed by atoms with van der Waals surface area (Å²) in [4.78, 5) is 36.1. The first-order valence-electron chi connectivity index (χ1n) is 10.5. The van der Waals surface area contributed by atoms with E-state index in [0.717, 1.165) is 28.5 Å². The Balaban J connectivity index is 1.69. The van der Waals surface area contributed by atoms with Crippen LogP contribution in [0.4, 0.5) is 4.79 Å². The summed E-state index contributed by atoms with van der Waals surface area (Å²) in [6.07, 6.45) is -0.276. The predicted octanol–water partition coefficient (Wildman–Crippen LogP) is 0.890. The van der Waals surface area contributed by atoms with Crippen molar-refractivity contribution in [2.45, 2.75) is 24.4 Å². The van der Waals surface area contributed by atoms with Crippen LogP contribution in [0.15, 0.2) is 48.5 Å². The first-order chi connectivity index (χ1) is 16.1. The Hall–Kier alpha value is -3.44. The Bertz CT molecular complexity index is 1140. The van der Waals surface area contributed by atoms with Crippen LogP contribution < -0.4 is 10.6 Å². The fourth-order valence-corrected chi connectivity index (χ4v) is 4.50. The fourth-order valence-electron chi connectivity index (χ4n) is 3.84. The minimum atomic E-state index is -3.47. The molecule has 0 aromatic heterocycles. The van der Waals surface area contributed by atoms with E-state index in [1.165, 1.54) is 0 Å². The van der Waals surface area contributed by atoms with Crippen LogP contribution >= 0.6 is 0 Å². The zero-order valence-electron chi connectivity index (χ0n) is 18.4. The number of carbonyl (C=O) groups excluding carboxylic acids is 2. The average Bonchev–Trinajstić information content (AvgIpc) is 3.11. The Morgan fingerprint density at radius 2 is 1.53 bits per heavy atom. The molecule has 0 fully saturated rings. The smallest absolute Gasteiger partial charge is 0.407 e. The molecule has 0 saturated heterocycles. The molecule has 10 nitrogen and oxygen atoms in total. The number of carbonyl (C=O) groups is 3. The molecule has 2 aromatic rings. The summed E-state index contributed by atoms with van der Waals surface area (Å²) in [6.45, 7) is -0.889. The average molecular weight is 491 g/mol. The zero-order chi connectivity index (χ0) is 24.9. The number of carboxylic acid groups (broad SMARTS) is 1. The van der Waals surface area contributed by atoms with E-state index in [-0.39, 0.29) is 18.9 Å². The van der Waals surface area contributed by atoms with Crippen LogP contribution in [0.1, 0.15) is 23.5 Å². The SMILES string of the molecule is CS(=O)(=O)CCC(NC(=O)OCC1c2ccccc2-c2ccccc21)C(=O)N[C@H](CO)C(=O)O. The molecule has 34 heavy (non-hydrogen) atoms. The van der Waals surface area contributed by atoms with Crippen molar-refractivity contribution in [2.75, 3.05) is 25.2 Å². The summed E-state index contributed by atoms with van der Waals surface area (Å²) in [6, 6.07) is 12.5. The first-order valence-corrected chi connectivity index (χ1v) is 12.6. The monoisotopic (exact) mass is 490 g/mol. The van der Waals surface area contributed by atoms with E-state index in [4.69, 9.17) is 14.9 Å². The Morgan fingerprint density at radius 1 is 0.971 bits per heavy atom. The number of aliphatic carboxylic acids is 1. The maximum Gasteiger partial charge on any atom is 0.407 e. The fraction of sp³-hybridized carbons (Fsp3) is 0.348. The van der Waals surface area contributed by atoms with Gasteiger partial charge in [-0.3, -0.25) is 4.79 Å². The van der Waals surface area contributed by atoms with Gasteiger partial charge < -0.3 is 25.6 Å². The number of aliphatic hydroxyl groups is 1. The van der Waals surface area contributed by atoms with Crippen LogP contribution in [-0.2, 0) is 24.2 Å². The number of sulfone groups is 1. The number of nitrogens with one attached hydrogen (secondary N) is 2. The molecule has 0 aliphatic heterocycles. The molecule has 0 spiro atoms. The van der Waals surface area contributed by atoms with Gasteiger partial charge in [-0.25, -0.2) is 18.0 Å². The highest BCUT2D eigenvalue weighted by atomic mass is 32.2. The number of benzene rings is 2. The van der Waals surface area contributed by atoms with Gasteiger partial charge in [-0.15, -0.1) is 0 Å². The van der Waals surface area contributed by atoms with Crippen LogP contribution in [0.25, 0.3) is 11.1 Å². The van der Waals surface area contributed by atoms with Gasteiger partial charge in [0.25, 0.3) is 0 Å². The molecular formula is C23H26N2O8S. The molecule has 2 aromatic carbocycles. The molecule has 0 heterocycles. The summed E-state index contributed by atoms with van der Waals surface area (Å²) in [5.41, 5.74) is 4.08. The van der Waals surface area contributed by atoms with Gasteiger partial charge >= 0.3 is 12.1 Å². The van der Waals surface area contributed by atoms with Crippen LogP contribution in [0, 0.1) is 0 Å². The van der Waals surface area contributed by atoms with E-state index in [2.05, 4.69) is 10.6 Å². The van der Waals surface area contributed by atoms with E-state index < -0.39 is 52.3 Å². The van der Waals surface area contributed by atoms with Crippen molar-refractivity contribution in [3.63, 3.8) is 0 Å². The highest BCUT2D eigenvalue weighted by Gasteiger charge is 2.31. The van der Waals surface area contributed by atoms with Gasteiger partial charge in [-0.1, -0.05) is 48.5 Å². The number of hydrogen-bond donors (Lipinski definition) is 4. The second kappa shape index (κ2) is 10.7. The normalized spacial score (nSPS) is 14.4. The lowest BCUT2D eigenvalue weighted by atomic mass is 9.98. The maximum atomic E-state index is 12.5. The molecule has 1 unspecified atom stereocenters. The molecule has 0 radical (unpaired) electrons. The Kier molecular flexibility index (Phi) is 7.90. The summed E-state index contributed by atoms with van der Waals surface area (Å²) in [7, 11) is -3.47. The molecule has 0 saturated carbocycles. The van der Waals surface area contributed by atoms with E-state index in [1.807, 2.05) is 48.5 Å². The summed E-state index contributed by atoms with van der Waals surface area (Å²) in [5, 5.41) is 22.6.